The molecule has 26 heavy (non-hydrogen) atoms. The lowest BCUT2D eigenvalue weighted by atomic mass is 10.2. The van der Waals surface area contributed by atoms with Gasteiger partial charge in [-0.3, -0.25) is 4.90 Å². The van der Waals surface area contributed by atoms with Crippen molar-refractivity contribution in [1.82, 2.24) is 29.9 Å². The molecule has 0 unspecified atom stereocenters. The molecule has 3 rings (SSSR count). The molecule has 7 nitrogen and oxygen atoms in total. The summed E-state index contributed by atoms with van der Waals surface area (Å²) >= 11 is 0. The maximum atomic E-state index is 4.74. The van der Waals surface area contributed by atoms with E-state index >= 15 is 0 Å². The fourth-order valence-electron chi connectivity index (χ4n) is 2.98. The zero-order valence-corrected chi connectivity index (χ0v) is 17.8. The highest BCUT2D eigenvalue weighted by Gasteiger charge is 2.19. The van der Waals surface area contributed by atoms with Gasteiger partial charge in [-0.1, -0.05) is 30.3 Å². The summed E-state index contributed by atoms with van der Waals surface area (Å²) in [6.45, 7) is 8.58. The summed E-state index contributed by atoms with van der Waals surface area (Å²) in [6, 6.07) is 10.7. The van der Waals surface area contributed by atoms with Crippen LogP contribution in [-0.2, 0) is 20.1 Å². The van der Waals surface area contributed by atoms with Crippen LogP contribution in [0.15, 0.2) is 41.7 Å². The van der Waals surface area contributed by atoms with Crippen molar-refractivity contribution in [2.24, 2.45) is 12.0 Å². The monoisotopic (exact) mass is 469 g/mol. The number of aromatic nitrogens is 3. The standard InChI is InChI=1S/C18H27N7.HI/c1-3-19-18(20-13-17-22-21-15-23(17)2)25-11-9-24(10-12-25)14-16-7-5-4-6-8-16;/h4-8,15H,3,9-14H2,1-2H3,(H,19,20);1H. The fraction of sp³-hybridized carbons (Fsp3) is 0.500. The van der Waals surface area contributed by atoms with Gasteiger partial charge in [0, 0.05) is 46.3 Å². The Labute approximate surface area is 172 Å². The van der Waals surface area contributed by atoms with Crippen LogP contribution in [-0.4, -0.2) is 63.2 Å². The molecule has 1 N–H and O–H groups in total. The third-order valence-corrected chi connectivity index (χ3v) is 4.43. The molecule has 1 aliphatic rings. The summed E-state index contributed by atoms with van der Waals surface area (Å²) in [5, 5.41) is 11.4. The van der Waals surface area contributed by atoms with Crippen molar-refractivity contribution in [2.75, 3.05) is 32.7 Å². The molecule has 2 heterocycles. The van der Waals surface area contributed by atoms with Crippen LogP contribution in [0.25, 0.3) is 0 Å². The van der Waals surface area contributed by atoms with Gasteiger partial charge < -0.3 is 14.8 Å². The van der Waals surface area contributed by atoms with E-state index in [1.165, 1.54) is 5.56 Å². The average Bonchev–Trinajstić information content (AvgIpc) is 3.05. The molecule has 0 atom stereocenters. The molecule has 1 saturated heterocycles. The lowest BCUT2D eigenvalue weighted by molar-refractivity contribution is 0.172. The first-order chi connectivity index (χ1) is 12.3. The average molecular weight is 469 g/mol. The Kier molecular flexibility index (Phi) is 8.30. The van der Waals surface area contributed by atoms with Crippen molar-refractivity contribution in [3.05, 3.63) is 48.0 Å². The highest BCUT2D eigenvalue weighted by atomic mass is 127. The van der Waals surface area contributed by atoms with Crippen LogP contribution in [0.1, 0.15) is 18.3 Å². The van der Waals surface area contributed by atoms with Crippen molar-refractivity contribution in [1.29, 1.82) is 0 Å². The Hall–Kier alpha value is -1.68. The van der Waals surface area contributed by atoms with E-state index in [1.54, 1.807) is 6.33 Å². The minimum Gasteiger partial charge on any atom is -0.357 e. The van der Waals surface area contributed by atoms with Crippen LogP contribution >= 0.6 is 24.0 Å². The number of aliphatic imine (C=N–C) groups is 1. The van der Waals surface area contributed by atoms with Gasteiger partial charge in [-0.05, 0) is 12.5 Å². The number of aryl methyl sites for hydroxylation is 1. The van der Waals surface area contributed by atoms with E-state index in [2.05, 4.69) is 62.6 Å². The molecule has 0 radical (unpaired) electrons. The zero-order valence-electron chi connectivity index (χ0n) is 15.5. The first-order valence-corrected chi connectivity index (χ1v) is 8.88. The molecule has 0 bridgehead atoms. The number of hydrogen-bond acceptors (Lipinski definition) is 4. The molecule has 0 saturated carbocycles. The maximum Gasteiger partial charge on any atom is 0.194 e. The van der Waals surface area contributed by atoms with Gasteiger partial charge in [-0.25, -0.2) is 4.99 Å². The molecule has 2 aromatic rings. The summed E-state index contributed by atoms with van der Waals surface area (Å²) in [5.74, 6) is 1.84. The number of hydrogen-bond donors (Lipinski definition) is 1. The van der Waals surface area contributed by atoms with E-state index in [0.717, 1.165) is 51.1 Å². The second-order valence-electron chi connectivity index (χ2n) is 6.28. The van der Waals surface area contributed by atoms with Crippen LogP contribution in [0.3, 0.4) is 0 Å². The Morgan fingerprint density at radius 1 is 1.15 bits per heavy atom. The van der Waals surface area contributed by atoms with Gasteiger partial charge in [0.1, 0.15) is 12.9 Å². The van der Waals surface area contributed by atoms with Crippen LogP contribution in [0.4, 0.5) is 0 Å². The summed E-state index contributed by atoms with van der Waals surface area (Å²) < 4.78 is 1.91. The van der Waals surface area contributed by atoms with E-state index in [1.807, 2.05) is 11.6 Å². The molecule has 1 aromatic carbocycles. The molecule has 0 spiro atoms. The van der Waals surface area contributed by atoms with Crippen LogP contribution in [0.2, 0.25) is 0 Å². The molecule has 8 heteroatoms. The number of halogens is 1. The summed E-state index contributed by atoms with van der Waals surface area (Å²) in [4.78, 5) is 9.57. The van der Waals surface area contributed by atoms with Gasteiger partial charge in [-0.15, -0.1) is 34.2 Å². The van der Waals surface area contributed by atoms with E-state index in [-0.39, 0.29) is 24.0 Å². The van der Waals surface area contributed by atoms with Crippen molar-refractivity contribution in [2.45, 2.75) is 20.0 Å². The fourth-order valence-corrected chi connectivity index (χ4v) is 2.98. The number of piperazine rings is 1. The predicted molar refractivity (Wildman–Crippen MR) is 115 cm³/mol. The maximum absolute atomic E-state index is 4.74. The first kappa shape index (κ1) is 20.6. The Balaban J connectivity index is 0.00000243. The van der Waals surface area contributed by atoms with Crippen molar-refractivity contribution in [3.63, 3.8) is 0 Å². The molecular formula is C18H28IN7. The summed E-state index contributed by atoms with van der Waals surface area (Å²) in [6.07, 6.45) is 1.71. The lowest BCUT2D eigenvalue weighted by Crippen LogP contribution is -2.52. The number of nitrogens with one attached hydrogen (secondary N) is 1. The molecule has 0 aliphatic carbocycles. The van der Waals surface area contributed by atoms with Crippen molar-refractivity contribution >= 4 is 29.9 Å². The minimum absolute atomic E-state index is 0. The van der Waals surface area contributed by atoms with Gasteiger partial charge in [0.25, 0.3) is 0 Å². The second-order valence-corrected chi connectivity index (χ2v) is 6.28. The molecular weight excluding hydrogens is 441 g/mol. The minimum atomic E-state index is 0. The van der Waals surface area contributed by atoms with Gasteiger partial charge >= 0.3 is 0 Å². The van der Waals surface area contributed by atoms with Crippen LogP contribution < -0.4 is 5.32 Å². The van der Waals surface area contributed by atoms with E-state index in [4.69, 9.17) is 4.99 Å². The molecule has 1 fully saturated rings. The highest BCUT2D eigenvalue weighted by Crippen LogP contribution is 2.09. The van der Waals surface area contributed by atoms with Crippen molar-refractivity contribution in [3.8, 4) is 0 Å². The second kappa shape index (κ2) is 10.5. The normalized spacial score (nSPS) is 15.6. The first-order valence-electron chi connectivity index (χ1n) is 8.88. The Morgan fingerprint density at radius 3 is 2.50 bits per heavy atom. The number of nitrogens with zero attached hydrogens (tertiary/aromatic N) is 6. The zero-order chi connectivity index (χ0) is 17.5. The predicted octanol–water partition coefficient (Wildman–Crippen LogP) is 1.72. The quantitative estimate of drug-likeness (QED) is 0.411. The number of guanidine groups is 1. The van der Waals surface area contributed by atoms with Crippen LogP contribution in [0, 0.1) is 0 Å². The summed E-state index contributed by atoms with van der Waals surface area (Å²) in [7, 11) is 1.94. The van der Waals surface area contributed by atoms with E-state index in [9.17, 15) is 0 Å². The molecule has 0 amide bonds. The lowest BCUT2D eigenvalue weighted by Gasteiger charge is -2.36. The van der Waals surface area contributed by atoms with Crippen molar-refractivity contribution < 1.29 is 0 Å². The Morgan fingerprint density at radius 2 is 1.88 bits per heavy atom. The SMILES string of the molecule is CCNC(=NCc1nncn1C)N1CCN(Cc2ccccc2)CC1.I. The van der Waals surface area contributed by atoms with Gasteiger partial charge in [0.2, 0.25) is 0 Å². The largest absolute Gasteiger partial charge is 0.357 e. The third-order valence-electron chi connectivity index (χ3n) is 4.43. The Bertz CT molecular complexity index is 678. The number of benzene rings is 1. The third kappa shape index (κ3) is 5.66. The smallest absolute Gasteiger partial charge is 0.194 e. The molecule has 1 aromatic heterocycles. The van der Waals surface area contributed by atoms with E-state index < -0.39 is 0 Å². The molecule has 142 valence electrons. The van der Waals surface area contributed by atoms with Crippen LogP contribution in [0.5, 0.6) is 0 Å². The van der Waals surface area contributed by atoms with Gasteiger partial charge in [0.15, 0.2) is 11.8 Å². The summed E-state index contributed by atoms with van der Waals surface area (Å²) in [5.41, 5.74) is 1.37. The topological polar surface area (TPSA) is 61.6 Å². The van der Waals surface area contributed by atoms with E-state index in [0.29, 0.717) is 6.54 Å². The number of rotatable bonds is 5. The van der Waals surface area contributed by atoms with Gasteiger partial charge in [0.05, 0.1) is 0 Å². The van der Waals surface area contributed by atoms with Gasteiger partial charge in [-0.2, -0.15) is 0 Å². The highest BCUT2D eigenvalue weighted by molar-refractivity contribution is 14.0. The molecule has 1 aliphatic heterocycles.